The van der Waals surface area contributed by atoms with Crippen LogP contribution >= 0.6 is 46.4 Å². The van der Waals surface area contributed by atoms with Crippen molar-refractivity contribution in [3.63, 3.8) is 0 Å². The van der Waals surface area contributed by atoms with E-state index >= 15 is 0 Å². The van der Waals surface area contributed by atoms with Gasteiger partial charge < -0.3 is 5.11 Å². The van der Waals surface area contributed by atoms with Crippen LogP contribution < -0.4 is 0 Å². The average molecular weight is 366 g/mol. The van der Waals surface area contributed by atoms with Crippen LogP contribution in [-0.4, -0.2) is 21.0 Å². The van der Waals surface area contributed by atoms with E-state index in [9.17, 15) is 9.90 Å². The Morgan fingerprint density at radius 3 is 2.33 bits per heavy atom. The van der Waals surface area contributed by atoms with Gasteiger partial charge in [-0.3, -0.25) is 4.79 Å². The number of nitrogens with zero attached hydrogens (tertiary/aromatic N) is 2. The molecule has 8 heteroatoms. The number of aromatic nitrogens is 2. The largest absolute Gasteiger partial charge is 0.481 e. The molecule has 0 fully saturated rings. The summed E-state index contributed by atoms with van der Waals surface area (Å²) in [6.45, 7) is 0. The lowest BCUT2D eigenvalue weighted by Gasteiger charge is -2.16. The summed E-state index contributed by atoms with van der Waals surface area (Å²) in [7, 11) is 0. The Balaban J connectivity index is 2.43. The van der Waals surface area contributed by atoms with Gasteiger partial charge in [-0.05, 0) is 30.2 Å². The predicted molar refractivity (Wildman–Crippen MR) is 82.6 cm³/mol. The molecule has 0 saturated heterocycles. The number of carboxylic acids is 1. The minimum atomic E-state index is -1.07. The number of hydrogen-bond acceptors (Lipinski definition) is 3. The van der Waals surface area contributed by atoms with Crippen LogP contribution in [0.2, 0.25) is 20.5 Å². The van der Waals surface area contributed by atoms with Gasteiger partial charge in [-0.1, -0.05) is 40.9 Å². The van der Waals surface area contributed by atoms with Crippen LogP contribution in [0.5, 0.6) is 0 Å². The summed E-state index contributed by atoms with van der Waals surface area (Å²) in [6.07, 6.45) is 1.44. The summed E-state index contributed by atoms with van der Waals surface area (Å²) < 4.78 is 0. The van der Waals surface area contributed by atoms with Gasteiger partial charge in [-0.15, -0.1) is 0 Å². The Hall–Kier alpha value is -1.07. The van der Waals surface area contributed by atoms with Crippen LogP contribution in [0, 0.1) is 0 Å². The molecule has 1 heterocycles. The third-order valence-electron chi connectivity index (χ3n) is 2.85. The van der Waals surface area contributed by atoms with Crippen molar-refractivity contribution in [1.82, 2.24) is 9.97 Å². The first kappa shape index (κ1) is 16.3. The molecule has 0 bridgehead atoms. The van der Waals surface area contributed by atoms with Gasteiger partial charge in [0, 0.05) is 27.4 Å². The van der Waals surface area contributed by atoms with E-state index in [1.54, 1.807) is 18.2 Å². The van der Waals surface area contributed by atoms with E-state index in [0.29, 0.717) is 11.1 Å². The molecule has 0 radical (unpaired) electrons. The minimum absolute atomic E-state index is 0.00796. The zero-order valence-electron chi connectivity index (χ0n) is 10.4. The van der Waals surface area contributed by atoms with Gasteiger partial charge in [-0.25, -0.2) is 9.97 Å². The second-order valence-electron chi connectivity index (χ2n) is 4.19. The number of hydrogen-bond donors (Lipinski definition) is 1. The topological polar surface area (TPSA) is 63.1 Å². The summed E-state index contributed by atoms with van der Waals surface area (Å²) in [5, 5.41) is 10.1. The second-order valence-corrected chi connectivity index (χ2v) is 5.70. The summed E-state index contributed by atoms with van der Waals surface area (Å²) >= 11 is 23.7. The second kappa shape index (κ2) is 6.79. The molecule has 4 nitrogen and oxygen atoms in total. The zero-order chi connectivity index (χ0) is 15.6. The number of carboxylic acid groups (broad SMARTS) is 1. The molecule has 1 unspecified atom stereocenters. The molecule has 1 aromatic carbocycles. The first-order chi connectivity index (χ1) is 9.90. The average Bonchev–Trinajstić information content (AvgIpc) is 2.39. The quantitative estimate of drug-likeness (QED) is 0.639. The third kappa shape index (κ3) is 3.77. The van der Waals surface area contributed by atoms with Gasteiger partial charge in [0.2, 0.25) is 5.28 Å². The molecule has 0 amide bonds. The number of benzene rings is 1. The van der Waals surface area contributed by atoms with Crippen molar-refractivity contribution in [3.8, 4) is 0 Å². The summed E-state index contributed by atoms with van der Waals surface area (Å²) in [5.74, 6) is -2.04. The van der Waals surface area contributed by atoms with Crippen molar-refractivity contribution in [2.24, 2.45) is 0 Å². The molecule has 110 valence electrons. The molecule has 0 aliphatic rings. The van der Waals surface area contributed by atoms with E-state index in [4.69, 9.17) is 46.4 Å². The zero-order valence-corrected chi connectivity index (χ0v) is 13.4. The minimum Gasteiger partial charge on any atom is -0.481 e. The molecule has 0 saturated carbocycles. The van der Waals surface area contributed by atoms with E-state index in [-0.39, 0.29) is 26.9 Å². The Labute approximate surface area is 140 Å². The van der Waals surface area contributed by atoms with Gasteiger partial charge in [0.05, 0.1) is 5.92 Å². The first-order valence-corrected chi connectivity index (χ1v) is 7.25. The molecular formula is C13H8Cl4N2O2. The fraction of sp³-hybridized carbons (Fsp3) is 0.154. The highest BCUT2D eigenvalue weighted by molar-refractivity contribution is 6.36. The highest BCUT2D eigenvalue weighted by Gasteiger charge is 2.26. The van der Waals surface area contributed by atoms with E-state index in [1.807, 2.05) is 0 Å². The monoisotopic (exact) mass is 364 g/mol. The number of rotatable bonds is 4. The fourth-order valence-electron chi connectivity index (χ4n) is 1.88. The lowest BCUT2D eigenvalue weighted by molar-refractivity contribution is -0.138. The van der Waals surface area contributed by atoms with Gasteiger partial charge >= 0.3 is 5.97 Å². The molecule has 1 atom stereocenters. The Kier molecular flexibility index (Phi) is 5.27. The normalized spacial score (nSPS) is 12.2. The van der Waals surface area contributed by atoms with Crippen molar-refractivity contribution >= 4 is 52.4 Å². The van der Waals surface area contributed by atoms with Gasteiger partial charge in [0.15, 0.2) is 0 Å². The van der Waals surface area contributed by atoms with E-state index < -0.39 is 11.9 Å². The van der Waals surface area contributed by atoms with Gasteiger partial charge in [-0.2, -0.15) is 0 Å². The molecule has 0 aliphatic heterocycles. The Morgan fingerprint density at radius 1 is 1.19 bits per heavy atom. The number of aliphatic carboxylic acids is 1. The molecule has 2 aromatic rings. The predicted octanol–water partition coefficient (Wildman–Crippen LogP) is 4.50. The lowest BCUT2D eigenvalue weighted by Crippen LogP contribution is -2.16. The van der Waals surface area contributed by atoms with Crippen molar-refractivity contribution in [3.05, 3.63) is 56.0 Å². The summed E-state index contributed by atoms with van der Waals surface area (Å²) in [4.78, 5) is 19.1. The van der Waals surface area contributed by atoms with E-state index in [1.165, 1.54) is 6.20 Å². The molecule has 2 rings (SSSR count). The fourth-order valence-corrected chi connectivity index (χ4v) is 2.92. The third-order valence-corrected chi connectivity index (χ3v) is 4.02. The Morgan fingerprint density at radius 2 is 1.81 bits per heavy atom. The number of halogens is 4. The smallest absolute Gasteiger partial charge is 0.311 e. The van der Waals surface area contributed by atoms with Crippen LogP contribution in [0.15, 0.2) is 24.4 Å². The maximum Gasteiger partial charge on any atom is 0.311 e. The van der Waals surface area contributed by atoms with Crippen molar-refractivity contribution < 1.29 is 9.90 Å². The molecule has 1 aromatic heterocycles. The molecule has 0 spiro atoms. The highest BCUT2D eigenvalue weighted by atomic mass is 35.5. The van der Waals surface area contributed by atoms with Gasteiger partial charge in [0.25, 0.3) is 0 Å². The van der Waals surface area contributed by atoms with E-state index in [0.717, 1.165) is 0 Å². The SMILES string of the molecule is O=C(O)C(Cc1cnc(Cl)nc1Cl)c1c(Cl)cccc1Cl. The summed E-state index contributed by atoms with van der Waals surface area (Å²) in [6, 6.07) is 4.81. The molecule has 21 heavy (non-hydrogen) atoms. The van der Waals surface area contributed by atoms with Crippen molar-refractivity contribution in [2.45, 2.75) is 12.3 Å². The van der Waals surface area contributed by atoms with Crippen LogP contribution in [0.3, 0.4) is 0 Å². The number of carbonyl (C=O) groups is 1. The van der Waals surface area contributed by atoms with E-state index in [2.05, 4.69) is 9.97 Å². The van der Waals surface area contributed by atoms with Crippen LogP contribution in [0.4, 0.5) is 0 Å². The summed E-state index contributed by atoms with van der Waals surface area (Å²) in [5.41, 5.74) is 0.781. The van der Waals surface area contributed by atoms with Gasteiger partial charge in [0.1, 0.15) is 5.15 Å². The highest BCUT2D eigenvalue weighted by Crippen LogP contribution is 2.34. The maximum atomic E-state index is 11.6. The molecule has 0 aliphatic carbocycles. The van der Waals surface area contributed by atoms with Crippen molar-refractivity contribution in [1.29, 1.82) is 0 Å². The molecule has 1 N–H and O–H groups in total. The first-order valence-electron chi connectivity index (χ1n) is 5.73. The lowest BCUT2D eigenvalue weighted by atomic mass is 9.93. The van der Waals surface area contributed by atoms with Crippen LogP contribution in [0.25, 0.3) is 0 Å². The van der Waals surface area contributed by atoms with Crippen molar-refractivity contribution in [2.75, 3.05) is 0 Å². The maximum absolute atomic E-state index is 11.6. The standard InChI is InChI=1S/C13H8Cl4N2O2/c14-8-2-1-3-9(15)10(8)7(12(20)21)4-6-5-18-13(17)19-11(6)16/h1-3,5,7H,4H2,(H,20,21). The van der Waals surface area contributed by atoms with Crippen LogP contribution in [-0.2, 0) is 11.2 Å². The van der Waals surface area contributed by atoms with Crippen LogP contribution in [0.1, 0.15) is 17.0 Å². The molecular weight excluding hydrogens is 358 g/mol. The Bertz CT molecular complexity index is 674.